The van der Waals surface area contributed by atoms with Gasteiger partial charge in [-0.05, 0) is 6.07 Å². The van der Waals surface area contributed by atoms with Gasteiger partial charge in [0.1, 0.15) is 5.82 Å². The van der Waals surface area contributed by atoms with Crippen molar-refractivity contribution in [3.8, 4) is 5.06 Å². The van der Waals surface area contributed by atoms with Gasteiger partial charge in [-0.1, -0.05) is 23.5 Å². The summed E-state index contributed by atoms with van der Waals surface area (Å²) in [6.45, 7) is 0. The molecule has 72 valence electrons. The molecular formula is C10H7FO2S. The maximum Gasteiger partial charge on any atom is 0.185 e. The van der Waals surface area contributed by atoms with Gasteiger partial charge in [0.15, 0.2) is 11.3 Å². The number of carbonyl (C=O) groups is 1. The van der Waals surface area contributed by atoms with Crippen LogP contribution in [0.25, 0.3) is 10.1 Å². The molecule has 0 aliphatic rings. The molecule has 14 heavy (non-hydrogen) atoms. The Bertz CT molecular complexity index is 490. The van der Waals surface area contributed by atoms with Crippen molar-refractivity contribution in [3.63, 3.8) is 0 Å². The Balaban J connectivity index is 2.86. The number of benzene rings is 1. The van der Waals surface area contributed by atoms with E-state index >= 15 is 0 Å². The van der Waals surface area contributed by atoms with Crippen molar-refractivity contribution < 1.29 is 13.9 Å². The zero-order chi connectivity index (χ0) is 10.1. The van der Waals surface area contributed by atoms with Gasteiger partial charge >= 0.3 is 0 Å². The van der Waals surface area contributed by atoms with Crippen molar-refractivity contribution in [2.45, 2.75) is 0 Å². The standard InChI is InChI=1S/C10H7FO2S/c1-13-10-7(5-12)6-3-2-4-8(11)9(6)14-10/h2-5H,1H3. The van der Waals surface area contributed by atoms with E-state index in [1.807, 2.05) is 0 Å². The second-order valence-electron chi connectivity index (χ2n) is 2.74. The van der Waals surface area contributed by atoms with E-state index in [0.29, 0.717) is 27.0 Å². The van der Waals surface area contributed by atoms with E-state index in [0.717, 1.165) is 11.3 Å². The van der Waals surface area contributed by atoms with Crippen molar-refractivity contribution in [3.05, 3.63) is 29.6 Å². The molecule has 2 aromatic rings. The molecule has 0 saturated heterocycles. The van der Waals surface area contributed by atoms with E-state index in [9.17, 15) is 9.18 Å². The first kappa shape index (κ1) is 9.15. The second-order valence-corrected chi connectivity index (χ2v) is 3.72. The van der Waals surface area contributed by atoms with Crippen LogP contribution in [0.15, 0.2) is 18.2 Å². The molecule has 1 heterocycles. The number of halogens is 1. The summed E-state index contributed by atoms with van der Waals surface area (Å²) in [4.78, 5) is 10.8. The second kappa shape index (κ2) is 3.38. The zero-order valence-corrected chi connectivity index (χ0v) is 8.23. The van der Waals surface area contributed by atoms with Crippen LogP contribution >= 0.6 is 11.3 Å². The quantitative estimate of drug-likeness (QED) is 0.712. The summed E-state index contributed by atoms with van der Waals surface area (Å²) in [7, 11) is 1.47. The summed E-state index contributed by atoms with van der Waals surface area (Å²) in [5.74, 6) is -0.320. The first-order chi connectivity index (χ1) is 6.77. The molecule has 0 N–H and O–H groups in total. The van der Waals surface area contributed by atoms with E-state index in [1.54, 1.807) is 12.1 Å². The lowest BCUT2D eigenvalue weighted by Crippen LogP contribution is -1.84. The molecule has 4 heteroatoms. The highest BCUT2D eigenvalue weighted by molar-refractivity contribution is 7.21. The molecule has 0 radical (unpaired) electrons. The number of hydrogen-bond acceptors (Lipinski definition) is 3. The predicted octanol–water partition coefficient (Wildman–Crippen LogP) is 2.86. The van der Waals surface area contributed by atoms with Gasteiger partial charge in [0.05, 0.1) is 17.4 Å². The average molecular weight is 210 g/mol. The van der Waals surface area contributed by atoms with Crippen LogP contribution in [0.5, 0.6) is 5.06 Å². The van der Waals surface area contributed by atoms with Crippen LogP contribution in [-0.4, -0.2) is 13.4 Å². The van der Waals surface area contributed by atoms with E-state index < -0.39 is 0 Å². The largest absolute Gasteiger partial charge is 0.487 e. The summed E-state index contributed by atoms with van der Waals surface area (Å²) < 4.78 is 18.8. The topological polar surface area (TPSA) is 26.3 Å². The smallest absolute Gasteiger partial charge is 0.185 e. The lowest BCUT2D eigenvalue weighted by Gasteiger charge is -1.93. The monoisotopic (exact) mass is 210 g/mol. The number of aldehydes is 1. The number of fused-ring (bicyclic) bond motifs is 1. The Labute approximate surface area is 83.9 Å². The first-order valence-corrected chi connectivity index (χ1v) is 4.79. The third kappa shape index (κ3) is 1.19. The number of hydrogen-bond donors (Lipinski definition) is 0. The van der Waals surface area contributed by atoms with Gasteiger partial charge in [-0.2, -0.15) is 0 Å². The van der Waals surface area contributed by atoms with Crippen molar-refractivity contribution in [2.24, 2.45) is 0 Å². The Kier molecular flexibility index (Phi) is 2.21. The summed E-state index contributed by atoms with van der Waals surface area (Å²) in [5.41, 5.74) is 0.423. The number of carbonyl (C=O) groups excluding carboxylic acids is 1. The van der Waals surface area contributed by atoms with Gasteiger partial charge < -0.3 is 4.74 Å². The first-order valence-electron chi connectivity index (χ1n) is 3.98. The Hall–Kier alpha value is -1.42. The molecule has 0 aliphatic carbocycles. The minimum absolute atomic E-state index is 0.320. The van der Waals surface area contributed by atoms with Crippen LogP contribution in [-0.2, 0) is 0 Å². The molecule has 1 aromatic heterocycles. The van der Waals surface area contributed by atoms with Crippen molar-refractivity contribution in [1.29, 1.82) is 0 Å². The summed E-state index contributed by atoms with van der Waals surface area (Å²) >= 11 is 1.15. The van der Waals surface area contributed by atoms with Crippen molar-refractivity contribution >= 4 is 27.7 Å². The van der Waals surface area contributed by atoms with Crippen LogP contribution in [0.2, 0.25) is 0 Å². The maximum atomic E-state index is 13.3. The van der Waals surface area contributed by atoms with Gasteiger partial charge in [-0.15, -0.1) is 0 Å². The summed E-state index contributed by atoms with van der Waals surface area (Å²) in [6.07, 6.45) is 0.692. The Morgan fingerprint density at radius 1 is 1.50 bits per heavy atom. The van der Waals surface area contributed by atoms with Gasteiger partial charge in [0.2, 0.25) is 0 Å². The lowest BCUT2D eigenvalue weighted by atomic mass is 10.2. The van der Waals surface area contributed by atoms with Crippen LogP contribution in [0.3, 0.4) is 0 Å². The summed E-state index contributed by atoms with van der Waals surface area (Å²) in [6, 6.07) is 4.66. The van der Waals surface area contributed by atoms with E-state index in [-0.39, 0.29) is 5.82 Å². The van der Waals surface area contributed by atoms with E-state index in [2.05, 4.69) is 0 Å². The molecule has 0 aliphatic heterocycles. The summed E-state index contributed by atoms with van der Waals surface area (Å²) in [5, 5.41) is 1.07. The van der Waals surface area contributed by atoms with Crippen molar-refractivity contribution in [2.75, 3.05) is 7.11 Å². The fourth-order valence-electron chi connectivity index (χ4n) is 1.35. The zero-order valence-electron chi connectivity index (χ0n) is 7.41. The predicted molar refractivity (Wildman–Crippen MR) is 53.7 cm³/mol. The number of ether oxygens (including phenoxy) is 1. The molecule has 2 rings (SSSR count). The molecule has 0 atom stereocenters. The van der Waals surface area contributed by atoms with E-state index in [4.69, 9.17) is 4.74 Å². The normalized spacial score (nSPS) is 10.4. The molecule has 0 unspecified atom stereocenters. The third-order valence-electron chi connectivity index (χ3n) is 1.98. The fourth-order valence-corrected chi connectivity index (χ4v) is 2.34. The molecular weight excluding hydrogens is 203 g/mol. The maximum absolute atomic E-state index is 13.3. The third-order valence-corrected chi connectivity index (χ3v) is 3.17. The molecule has 0 amide bonds. The number of methoxy groups -OCH3 is 1. The van der Waals surface area contributed by atoms with Gasteiger partial charge in [0.25, 0.3) is 0 Å². The molecule has 2 nitrogen and oxygen atoms in total. The SMILES string of the molecule is COc1sc2c(F)cccc2c1C=O. The number of rotatable bonds is 2. The van der Waals surface area contributed by atoms with Gasteiger partial charge in [-0.25, -0.2) is 4.39 Å². The highest BCUT2D eigenvalue weighted by Gasteiger charge is 2.14. The molecule has 0 spiro atoms. The molecule has 0 bridgehead atoms. The minimum atomic E-state index is -0.320. The van der Waals surface area contributed by atoms with Gasteiger partial charge in [0, 0.05) is 5.39 Å². The fraction of sp³-hybridized carbons (Fsp3) is 0.100. The Morgan fingerprint density at radius 2 is 2.29 bits per heavy atom. The van der Waals surface area contributed by atoms with Crippen LogP contribution < -0.4 is 4.74 Å². The lowest BCUT2D eigenvalue weighted by molar-refractivity contribution is 0.112. The number of thiophene rings is 1. The highest BCUT2D eigenvalue weighted by atomic mass is 32.1. The van der Waals surface area contributed by atoms with Crippen LogP contribution in [0, 0.1) is 5.82 Å². The Morgan fingerprint density at radius 3 is 2.93 bits per heavy atom. The molecule has 0 saturated carbocycles. The van der Waals surface area contributed by atoms with Crippen molar-refractivity contribution in [1.82, 2.24) is 0 Å². The molecule has 1 aromatic carbocycles. The molecule has 0 fully saturated rings. The average Bonchev–Trinajstić information content (AvgIpc) is 2.57. The minimum Gasteiger partial charge on any atom is -0.487 e. The van der Waals surface area contributed by atoms with E-state index in [1.165, 1.54) is 13.2 Å². The van der Waals surface area contributed by atoms with Crippen LogP contribution in [0.1, 0.15) is 10.4 Å². The van der Waals surface area contributed by atoms with Crippen LogP contribution in [0.4, 0.5) is 4.39 Å². The highest BCUT2D eigenvalue weighted by Crippen LogP contribution is 2.37. The van der Waals surface area contributed by atoms with Gasteiger partial charge in [-0.3, -0.25) is 4.79 Å².